The Balaban J connectivity index is 1.87. The van der Waals surface area contributed by atoms with E-state index < -0.39 is 0 Å². The Bertz CT molecular complexity index is 635. The molecule has 0 saturated heterocycles. The van der Waals surface area contributed by atoms with E-state index in [-0.39, 0.29) is 17.7 Å². The number of phenols is 1. The first kappa shape index (κ1) is 13.9. The first-order valence-electron chi connectivity index (χ1n) is 6.88. The molecule has 0 atom stereocenters. The average molecular weight is 303 g/mol. The fourth-order valence-electron chi connectivity index (χ4n) is 2.30. The van der Waals surface area contributed by atoms with E-state index >= 15 is 0 Å². The second-order valence-corrected chi connectivity index (χ2v) is 5.96. The molecular formula is C16H17NO3S. The molecule has 1 saturated carbocycles. The zero-order chi connectivity index (χ0) is 14.8. The molecule has 1 aliphatic carbocycles. The SMILES string of the molecule is COc1ccc(O)c(C(=O)N(Cc2ccsc2)C2CC2)c1. The molecule has 1 aliphatic rings. The van der Waals surface area contributed by atoms with E-state index in [1.807, 2.05) is 21.7 Å². The lowest BCUT2D eigenvalue weighted by molar-refractivity contribution is 0.0726. The van der Waals surface area contributed by atoms with Crippen molar-refractivity contribution in [3.8, 4) is 11.5 Å². The fraction of sp³-hybridized carbons (Fsp3) is 0.312. The number of amides is 1. The minimum absolute atomic E-state index is 0.00299. The number of phenolic OH excluding ortho intramolecular Hbond substituents is 1. The summed E-state index contributed by atoms with van der Waals surface area (Å²) in [4.78, 5) is 14.6. The molecule has 0 aliphatic heterocycles. The van der Waals surface area contributed by atoms with Gasteiger partial charge in [-0.05, 0) is 53.4 Å². The Labute approximate surface area is 127 Å². The first-order valence-corrected chi connectivity index (χ1v) is 7.82. The maximum atomic E-state index is 12.8. The Morgan fingerprint density at radius 1 is 1.43 bits per heavy atom. The lowest BCUT2D eigenvalue weighted by Crippen LogP contribution is -2.32. The van der Waals surface area contributed by atoms with Gasteiger partial charge in [0.25, 0.3) is 5.91 Å². The van der Waals surface area contributed by atoms with Crippen molar-refractivity contribution < 1.29 is 14.6 Å². The van der Waals surface area contributed by atoms with Crippen LogP contribution in [0.2, 0.25) is 0 Å². The molecule has 1 aromatic heterocycles. The lowest BCUT2D eigenvalue weighted by atomic mass is 10.1. The number of hydrogen-bond acceptors (Lipinski definition) is 4. The Morgan fingerprint density at radius 3 is 2.86 bits per heavy atom. The molecule has 3 rings (SSSR count). The summed E-state index contributed by atoms with van der Waals surface area (Å²) in [6, 6.07) is 7.05. The summed E-state index contributed by atoms with van der Waals surface area (Å²) in [5.74, 6) is 0.430. The highest BCUT2D eigenvalue weighted by molar-refractivity contribution is 7.07. The summed E-state index contributed by atoms with van der Waals surface area (Å²) < 4.78 is 5.14. The monoisotopic (exact) mass is 303 g/mol. The van der Waals surface area contributed by atoms with Crippen LogP contribution in [0.25, 0.3) is 0 Å². The zero-order valence-electron chi connectivity index (χ0n) is 11.8. The standard InChI is InChI=1S/C16H17NO3S/c1-20-13-4-5-15(18)14(8-13)16(19)17(12-2-3-12)9-11-6-7-21-10-11/h4-8,10,12,18H,2-3,9H2,1H3. The molecule has 0 spiro atoms. The topological polar surface area (TPSA) is 49.8 Å². The molecule has 1 fully saturated rings. The van der Waals surface area contributed by atoms with Gasteiger partial charge in [-0.2, -0.15) is 11.3 Å². The number of benzene rings is 1. The van der Waals surface area contributed by atoms with Crippen molar-refractivity contribution >= 4 is 17.2 Å². The van der Waals surface area contributed by atoms with Gasteiger partial charge in [-0.1, -0.05) is 0 Å². The molecule has 1 aromatic carbocycles. The van der Waals surface area contributed by atoms with Crippen molar-refractivity contribution in [2.45, 2.75) is 25.4 Å². The van der Waals surface area contributed by atoms with Crippen LogP contribution in [0.1, 0.15) is 28.8 Å². The van der Waals surface area contributed by atoms with Crippen molar-refractivity contribution in [3.05, 3.63) is 46.2 Å². The van der Waals surface area contributed by atoms with Crippen LogP contribution in [0.15, 0.2) is 35.0 Å². The molecule has 1 heterocycles. The molecule has 0 bridgehead atoms. The normalized spacial score (nSPS) is 14.0. The molecule has 5 heteroatoms. The molecule has 110 valence electrons. The van der Waals surface area contributed by atoms with Crippen LogP contribution in [0, 0.1) is 0 Å². The van der Waals surface area contributed by atoms with Gasteiger partial charge in [0.1, 0.15) is 11.5 Å². The van der Waals surface area contributed by atoms with Gasteiger partial charge in [0.05, 0.1) is 12.7 Å². The number of thiophene rings is 1. The summed E-state index contributed by atoms with van der Waals surface area (Å²) in [6.07, 6.45) is 2.06. The predicted octanol–water partition coefficient (Wildman–Crippen LogP) is 3.27. The van der Waals surface area contributed by atoms with E-state index in [9.17, 15) is 9.90 Å². The third-order valence-electron chi connectivity index (χ3n) is 3.62. The number of aromatic hydroxyl groups is 1. The molecule has 1 amide bonds. The Hall–Kier alpha value is -2.01. The summed E-state index contributed by atoms with van der Waals surface area (Å²) in [6.45, 7) is 0.587. The minimum atomic E-state index is -0.139. The van der Waals surface area contributed by atoms with E-state index in [4.69, 9.17) is 4.74 Å². The van der Waals surface area contributed by atoms with Crippen LogP contribution < -0.4 is 4.74 Å². The largest absolute Gasteiger partial charge is 0.507 e. The van der Waals surface area contributed by atoms with E-state index in [0.717, 1.165) is 18.4 Å². The third kappa shape index (κ3) is 3.03. The van der Waals surface area contributed by atoms with Crippen molar-refractivity contribution in [1.29, 1.82) is 0 Å². The summed E-state index contributed by atoms with van der Waals surface area (Å²) in [5.41, 5.74) is 1.43. The zero-order valence-corrected chi connectivity index (χ0v) is 12.6. The highest BCUT2D eigenvalue weighted by atomic mass is 32.1. The van der Waals surface area contributed by atoms with Crippen LogP contribution >= 0.6 is 11.3 Å². The van der Waals surface area contributed by atoms with Crippen LogP contribution in [0.5, 0.6) is 11.5 Å². The first-order chi connectivity index (χ1) is 10.2. The van der Waals surface area contributed by atoms with Crippen molar-refractivity contribution in [2.75, 3.05) is 7.11 Å². The quantitative estimate of drug-likeness (QED) is 0.922. The molecule has 21 heavy (non-hydrogen) atoms. The number of rotatable bonds is 5. The minimum Gasteiger partial charge on any atom is -0.507 e. The molecular weight excluding hydrogens is 286 g/mol. The predicted molar refractivity (Wildman–Crippen MR) is 81.9 cm³/mol. The Morgan fingerprint density at radius 2 is 2.24 bits per heavy atom. The van der Waals surface area contributed by atoms with E-state index in [2.05, 4.69) is 0 Å². The number of methoxy groups -OCH3 is 1. The molecule has 0 unspecified atom stereocenters. The van der Waals surface area contributed by atoms with Gasteiger partial charge >= 0.3 is 0 Å². The van der Waals surface area contributed by atoms with Crippen molar-refractivity contribution in [3.63, 3.8) is 0 Å². The molecule has 4 nitrogen and oxygen atoms in total. The highest BCUT2D eigenvalue weighted by Gasteiger charge is 2.34. The summed E-state index contributed by atoms with van der Waals surface area (Å²) in [7, 11) is 1.55. The van der Waals surface area contributed by atoms with Gasteiger partial charge in [-0.3, -0.25) is 4.79 Å². The average Bonchev–Trinajstić information content (AvgIpc) is 3.21. The van der Waals surface area contributed by atoms with E-state index in [0.29, 0.717) is 17.9 Å². The molecule has 1 N–H and O–H groups in total. The summed E-state index contributed by atoms with van der Waals surface area (Å²) >= 11 is 1.62. The lowest BCUT2D eigenvalue weighted by Gasteiger charge is -2.22. The molecule has 2 aromatic rings. The number of ether oxygens (including phenoxy) is 1. The maximum Gasteiger partial charge on any atom is 0.258 e. The smallest absolute Gasteiger partial charge is 0.258 e. The Kier molecular flexibility index (Phi) is 3.84. The van der Waals surface area contributed by atoms with E-state index in [1.54, 1.807) is 30.6 Å². The van der Waals surface area contributed by atoms with Gasteiger partial charge in [0, 0.05) is 12.6 Å². The number of carbonyl (C=O) groups is 1. The van der Waals surface area contributed by atoms with Gasteiger partial charge in [-0.15, -0.1) is 0 Å². The number of carbonyl (C=O) groups excluding carboxylic acids is 1. The van der Waals surface area contributed by atoms with Crippen molar-refractivity contribution in [1.82, 2.24) is 4.90 Å². The second-order valence-electron chi connectivity index (χ2n) is 5.18. The fourth-order valence-corrected chi connectivity index (χ4v) is 2.96. The number of hydrogen-bond donors (Lipinski definition) is 1. The van der Waals surface area contributed by atoms with Gasteiger partial charge in [-0.25, -0.2) is 0 Å². The third-order valence-corrected chi connectivity index (χ3v) is 4.35. The highest BCUT2D eigenvalue weighted by Crippen LogP contribution is 2.32. The van der Waals surface area contributed by atoms with Gasteiger partial charge in [0.2, 0.25) is 0 Å². The molecule has 0 radical (unpaired) electrons. The van der Waals surface area contributed by atoms with Crippen LogP contribution in [0.3, 0.4) is 0 Å². The number of nitrogens with zero attached hydrogens (tertiary/aromatic N) is 1. The summed E-state index contributed by atoms with van der Waals surface area (Å²) in [5, 5.41) is 14.0. The second kappa shape index (κ2) is 5.77. The van der Waals surface area contributed by atoms with Crippen LogP contribution in [-0.2, 0) is 6.54 Å². The van der Waals surface area contributed by atoms with Crippen LogP contribution in [-0.4, -0.2) is 29.1 Å². The van der Waals surface area contributed by atoms with Crippen LogP contribution in [0.4, 0.5) is 0 Å². The van der Waals surface area contributed by atoms with Crippen molar-refractivity contribution in [2.24, 2.45) is 0 Å². The van der Waals surface area contributed by atoms with E-state index in [1.165, 1.54) is 6.07 Å². The van der Waals surface area contributed by atoms with Gasteiger partial charge < -0.3 is 14.7 Å². The van der Waals surface area contributed by atoms with Gasteiger partial charge in [0.15, 0.2) is 0 Å². The maximum absolute atomic E-state index is 12.8.